The van der Waals surface area contributed by atoms with E-state index >= 15 is 0 Å². The second-order valence-electron chi connectivity index (χ2n) is 3.68. The number of carbonyl (C=O) groups is 1. The highest BCUT2D eigenvalue weighted by Crippen LogP contribution is 2.28. The molecule has 0 amide bonds. The van der Waals surface area contributed by atoms with Crippen LogP contribution in [0.25, 0.3) is 11.1 Å². The average molecular weight is 259 g/mol. The SMILES string of the molecule is CCOc1nccc(-c2cccc(S)c2)c1C=O. The van der Waals surface area contributed by atoms with E-state index in [9.17, 15) is 4.79 Å². The zero-order valence-corrected chi connectivity index (χ0v) is 10.9. The molecule has 0 fully saturated rings. The van der Waals surface area contributed by atoms with Crippen LogP contribution in [0, 0.1) is 0 Å². The molecule has 0 bridgehead atoms. The molecule has 0 atom stereocenters. The first-order valence-electron chi connectivity index (χ1n) is 5.62. The Morgan fingerprint density at radius 1 is 1.39 bits per heavy atom. The highest BCUT2D eigenvalue weighted by atomic mass is 32.1. The molecule has 3 nitrogen and oxygen atoms in total. The van der Waals surface area contributed by atoms with Crippen molar-refractivity contribution in [3.8, 4) is 17.0 Å². The quantitative estimate of drug-likeness (QED) is 0.676. The van der Waals surface area contributed by atoms with Gasteiger partial charge in [0.25, 0.3) is 0 Å². The van der Waals surface area contributed by atoms with Gasteiger partial charge in [-0.15, -0.1) is 12.6 Å². The van der Waals surface area contributed by atoms with Crippen LogP contribution < -0.4 is 4.74 Å². The van der Waals surface area contributed by atoms with Gasteiger partial charge in [-0.25, -0.2) is 4.98 Å². The van der Waals surface area contributed by atoms with Crippen LogP contribution in [-0.4, -0.2) is 17.9 Å². The summed E-state index contributed by atoms with van der Waals surface area (Å²) in [6.45, 7) is 2.33. The molecule has 0 aliphatic heterocycles. The van der Waals surface area contributed by atoms with Crippen LogP contribution in [0.4, 0.5) is 0 Å². The highest BCUT2D eigenvalue weighted by Gasteiger charge is 2.11. The highest BCUT2D eigenvalue weighted by molar-refractivity contribution is 7.80. The van der Waals surface area contributed by atoms with E-state index in [0.717, 1.165) is 22.3 Å². The molecule has 0 saturated heterocycles. The lowest BCUT2D eigenvalue weighted by Crippen LogP contribution is -2.00. The van der Waals surface area contributed by atoms with Crippen molar-refractivity contribution in [2.75, 3.05) is 6.61 Å². The van der Waals surface area contributed by atoms with Gasteiger partial charge in [-0.1, -0.05) is 12.1 Å². The van der Waals surface area contributed by atoms with E-state index in [0.29, 0.717) is 18.1 Å². The van der Waals surface area contributed by atoms with Gasteiger partial charge in [-0.05, 0) is 36.2 Å². The maximum atomic E-state index is 11.2. The Balaban J connectivity index is 2.57. The van der Waals surface area contributed by atoms with Gasteiger partial charge in [-0.3, -0.25) is 4.79 Å². The zero-order chi connectivity index (χ0) is 13.0. The summed E-state index contributed by atoms with van der Waals surface area (Å²) in [5, 5.41) is 0. The number of aldehydes is 1. The van der Waals surface area contributed by atoms with Crippen molar-refractivity contribution in [3.63, 3.8) is 0 Å². The number of benzene rings is 1. The van der Waals surface area contributed by atoms with E-state index in [2.05, 4.69) is 17.6 Å². The predicted molar refractivity (Wildman–Crippen MR) is 73.5 cm³/mol. The Kier molecular flexibility index (Phi) is 3.99. The van der Waals surface area contributed by atoms with Gasteiger partial charge in [0.2, 0.25) is 5.88 Å². The first kappa shape index (κ1) is 12.6. The molecule has 0 N–H and O–H groups in total. The van der Waals surface area contributed by atoms with Crippen LogP contribution in [0.2, 0.25) is 0 Å². The monoisotopic (exact) mass is 259 g/mol. The van der Waals surface area contributed by atoms with Gasteiger partial charge in [0.15, 0.2) is 6.29 Å². The first-order chi connectivity index (χ1) is 8.76. The fourth-order valence-corrected chi connectivity index (χ4v) is 1.97. The molecule has 0 spiro atoms. The van der Waals surface area contributed by atoms with Crippen molar-refractivity contribution in [3.05, 3.63) is 42.1 Å². The van der Waals surface area contributed by atoms with Crippen LogP contribution in [-0.2, 0) is 0 Å². The van der Waals surface area contributed by atoms with Crippen LogP contribution in [0.1, 0.15) is 17.3 Å². The summed E-state index contributed by atoms with van der Waals surface area (Å²) in [6, 6.07) is 9.42. The summed E-state index contributed by atoms with van der Waals surface area (Å²) in [5.74, 6) is 0.370. The summed E-state index contributed by atoms with van der Waals surface area (Å²) in [7, 11) is 0. The van der Waals surface area contributed by atoms with E-state index < -0.39 is 0 Å². The van der Waals surface area contributed by atoms with E-state index in [-0.39, 0.29) is 0 Å². The summed E-state index contributed by atoms with van der Waals surface area (Å²) < 4.78 is 5.36. The molecule has 18 heavy (non-hydrogen) atoms. The second kappa shape index (κ2) is 5.69. The minimum atomic E-state index is 0.370. The molecule has 2 aromatic rings. The molecule has 0 aliphatic carbocycles. The van der Waals surface area contributed by atoms with Crippen molar-refractivity contribution in [1.82, 2.24) is 4.98 Å². The number of ether oxygens (including phenoxy) is 1. The fourth-order valence-electron chi connectivity index (χ4n) is 1.74. The van der Waals surface area contributed by atoms with Crippen LogP contribution in [0.15, 0.2) is 41.4 Å². The predicted octanol–water partition coefficient (Wildman–Crippen LogP) is 3.25. The van der Waals surface area contributed by atoms with Crippen molar-refractivity contribution in [2.24, 2.45) is 0 Å². The summed E-state index contributed by atoms with van der Waals surface area (Å²) in [5.41, 5.74) is 2.20. The minimum Gasteiger partial charge on any atom is -0.477 e. The van der Waals surface area contributed by atoms with E-state index in [1.165, 1.54) is 0 Å². The van der Waals surface area contributed by atoms with E-state index in [1.54, 1.807) is 12.3 Å². The summed E-state index contributed by atoms with van der Waals surface area (Å²) in [4.78, 5) is 16.2. The topological polar surface area (TPSA) is 39.2 Å². The number of rotatable bonds is 4. The molecule has 0 aliphatic rings. The van der Waals surface area contributed by atoms with Crippen LogP contribution >= 0.6 is 12.6 Å². The molecular weight excluding hydrogens is 246 g/mol. The van der Waals surface area contributed by atoms with Crippen molar-refractivity contribution in [2.45, 2.75) is 11.8 Å². The molecule has 92 valence electrons. The molecule has 0 unspecified atom stereocenters. The number of thiol groups is 1. The van der Waals surface area contributed by atoms with Gasteiger partial charge in [-0.2, -0.15) is 0 Å². The molecule has 1 aromatic carbocycles. The van der Waals surface area contributed by atoms with Gasteiger partial charge < -0.3 is 4.74 Å². The van der Waals surface area contributed by atoms with E-state index in [1.807, 2.05) is 31.2 Å². The van der Waals surface area contributed by atoms with Crippen molar-refractivity contribution < 1.29 is 9.53 Å². The smallest absolute Gasteiger partial charge is 0.224 e. The van der Waals surface area contributed by atoms with Crippen LogP contribution in [0.5, 0.6) is 5.88 Å². The Morgan fingerprint density at radius 3 is 2.89 bits per heavy atom. The van der Waals surface area contributed by atoms with Crippen LogP contribution in [0.3, 0.4) is 0 Å². The normalized spacial score (nSPS) is 10.1. The van der Waals surface area contributed by atoms with Gasteiger partial charge in [0, 0.05) is 11.1 Å². The first-order valence-corrected chi connectivity index (χ1v) is 6.07. The van der Waals surface area contributed by atoms with Gasteiger partial charge in [0.1, 0.15) is 0 Å². The zero-order valence-electron chi connectivity index (χ0n) is 9.96. The summed E-state index contributed by atoms with van der Waals surface area (Å²) >= 11 is 4.30. The van der Waals surface area contributed by atoms with Crippen molar-refractivity contribution in [1.29, 1.82) is 0 Å². The van der Waals surface area contributed by atoms with E-state index in [4.69, 9.17) is 4.74 Å². The lowest BCUT2D eigenvalue weighted by Gasteiger charge is -2.10. The molecule has 1 heterocycles. The lowest BCUT2D eigenvalue weighted by atomic mass is 10.0. The lowest BCUT2D eigenvalue weighted by molar-refractivity contribution is 0.111. The second-order valence-corrected chi connectivity index (χ2v) is 4.19. The number of pyridine rings is 1. The Hall–Kier alpha value is -1.81. The molecule has 4 heteroatoms. The molecule has 0 radical (unpaired) electrons. The third-order valence-corrected chi connectivity index (χ3v) is 2.79. The molecule has 0 saturated carbocycles. The minimum absolute atomic E-state index is 0.370. The maximum absolute atomic E-state index is 11.2. The number of nitrogens with zero attached hydrogens (tertiary/aromatic N) is 1. The van der Waals surface area contributed by atoms with Gasteiger partial charge in [0.05, 0.1) is 12.2 Å². The Labute approximate surface area is 111 Å². The standard InChI is InChI=1S/C14H13NO2S/c1-2-17-14-13(9-16)12(6-7-15-14)10-4-3-5-11(18)8-10/h3-9,18H,2H2,1H3. The van der Waals surface area contributed by atoms with Gasteiger partial charge >= 0.3 is 0 Å². The fraction of sp³-hybridized carbons (Fsp3) is 0.143. The number of carbonyl (C=O) groups excluding carboxylic acids is 1. The Bertz CT molecular complexity index is 569. The third-order valence-electron chi connectivity index (χ3n) is 2.51. The maximum Gasteiger partial charge on any atom is 0.224 e. The largest absolute Gasteiger partial charge is 0.477 e. The van der Waals surface area contributed by atoms with Crippen molar-refractivity contribution >= 4 is 18.9 Å². The third kappa shape index (κ3) is 2.54. The number of aromatic nitrogens is 1. The summed E-state index contributed by atoms with van der Waals surface area (Å²) in [6.07, 6.45) is 2.41. The molecule has 1 aromatic heterocycles. The number of hydrogen-bond acceptors (Lipinski definition) is 4. The molecule has 2 rings (SSSR count). The molecular formula is C14H13NO2S. The Morgan fingerprint density at radius 2 is 2.22 bits per heavy atom. The average Bonchev–Trinajstić information content (AvgIpc) is 2.39. The number of hydrogen-bond donors (Lipinski definition) is 1.